The fraction of sp³-hybridized carbons (Fsp3) is 0.0385. The van der Waals surface area contributed by atoms with E-state index in [1.54, 1.807) is 54.6 Å². The monoisotopic (exact) mass is 1090 g/mol. The average Bonchev–Trinajstić information content (AvgIpc) is 3.36. The first-order valence-electron chi connectivity index (χ1n) is 21.3. The van der Waals surface area contributed by atoms with Crippen molar-refractivity contribution in [3.05, 3.63) is 194 Å². The predicted molar refractivity (Wildman–Crippen MR) is 263 cm³/mol. The van der Waals surface area contributed by atoms with E-state index in [9.17, 15) is 55.9 Å². The Morgan fingerprint density at radius 3 is 1.24 bits per heavy atom. The number of sulfone groups is 2. The molecule has 0 aliphatic carbocycles. The summed E-state index contributed by atoms with van der Waals surface area (Å²) < 4.78 is 188. The summed E-state index contributed by atoms with van der Waals surface area (Å²) in [6.07, 6.45) is -2.58. The summed E-state index contributed by atoms with van der Waals surface area (Å²) in [6, 6.07) is 39.1. The molecule has 0 spiro atoms. The van der Waals surface area contributed by atoms with E-state index < -0.39 is 77.3 Å². The zero-order valence-corrected chi connectivity index (χ0v) is 41.5. The van der Waals surface area contributed by atoms with Crippen molar-refractivity contribution in [2.75, 3.05) is 7.11 Å². The van der Waals surface area contributed by atoms with Gasteiger partial charge in [-0.25, -0.2) is 16.8 Å². The number of benzene rings is 8. The molecule has 0 heterocycles. The van der Waals surface area contributed by atoms with Crippen molar-refractivity contribution in [2.24, 2.45) is 0 Å². The SMILES string of the molecule is COc1cc(Oc2ccc(S(=O)(=O)c3ccc(Oc4ccc(-c5ccc(Oc6ccc(S(=O)(=O)c7ccc(C)c(S(=O)(=O)O)c7)cc6S(=O)(=O)O)cc5)cc4)cc3)cc2)cc(-c2ccc(OC(F)=C(F)F)cc2)c1. The lowest BCUT2D eigenvalue weighted by molar-refractivity contribution is 0.241. The lowest BCUT2D eigenvalue weighted by Gasteiger charge is -2.13. The summed E-state index contributed by atoms with van der Waals surface area (Å²) in [7, 11) is -16.9. The van der Waals surface area contributed by atoms with Gasteiger partial charge < -0.3 is 23.7 Å². The van der Waals surface area contributed by atoms with Gasteiger partial charge in [0.1, 0.15) is 50.9 Å². The summed E-state index contributed by atoms with van der Waals surface area (Å²) in [4.78, 5) is -2.72. The van der Waals surface area contributed by atoms with Gasteiger partial charge in [-0.05, 0) is 162 Å². The topological polar surface area (TPSA) is 223 Å². The van der Waals surface area contributed by atoms with Gasteiger partial charge in [-0.15, -0.1) is 0 Å². The van der Waals surface area contributed by atoms with E-state index in [1.807, 2.05) is 0 Å². The highest BCUT2D eigenvalue weighted by atomic mass is 32.2. The number of ether oxygens (including phenoxy) is 5. The van der Waals surface area contributed by atoms with Crippen LogP contribution in [0.3, 0.4) is 0 Å². The van der Waals surface area contributed by atoms with Crippen LogP contribution in [0, 0.1) is 6.92 Å². The molecule has 0 fully saturated rings. The minimum atomic E-state index is -5.07. The predicted octanol–water partition coefficient (Wildman–Crippen LogP) is 12.3. The van der Waals surface area contributed by atoms with E-state index in [2.05, 4.69) is 4.74 Å². The van der Waals surface area contributed by atoms with Crippen molar-refractivity contribution < 1.29 is 79.6 Å². The second kappa shape index (κ2) is 20.9. The Labute approximate surface area is 422 Å². The van der Waals surface area contributed by atoms with Crippen LogP contribution in [-0.4, -0.2) is 49.9 Å². The molecule has 380 valence electrons. The van der Waals surface area contributed by atoms with Gasteiger partial charge in [-0.1, -0.05) is 42.5 Å². The zero-order valence-electron chi connectivity index (χ0n) is 38.2. The molecular weight excluding hydrogens is 1050 g/mol. The summed E-state index contributed by atoms with van der Waals surface area (Å²) in [5.74, 6) is 1.40. The van der Waals surface area contributed by atoms with Crippen LogP contribution >= 0.6 is 0 Å². The Morgan fingerprint density at radius 1 is 0.392 bits per heavy atom. The molecule has 0 bridgehead atoms. The van der Waals surface area contributed by atoms with Gasteiger partial charge in [0.2, 0.25) is 19.7 Å². The van der Waals surface area contributed by atoms with E-state index in [1.165, 1.54) is 99.0 Å². The fourth-order valence-corrected chi connectivity index (χ4v) is 11.3. The summed E-state index contributed by atoms with van der Waals surface area (Å²) in [5.41, 5.74) is 2.72. The number of rotatable bonds is 17. The van der Waals surface area contributed by atoms with Crippen LogP contribution in [0.15, 0.2) is 217 Å². The van der Waals surface area contributed by atoms with Crippen LogP contribution < -0.4 is 23.7 Å². The third-order valence-corrected chi connectivity index (χ3v) is 16.3. The Morgan fingerprint density at radius 2 is 0.770 bits per heavy atom. The van der Waals surface area contributed by atoms with Crippen LogP contribution in [0.2, 0.25) is 0 Å². The zero-order chi connectivity index (χ0) is 53.2. The van der Waals surface area contributed by atoms with Crippen LogP contribution in [0.1, 0.15) is 5.56 Å². The molecule has 0 atom stereocenters. The van der Waals surface area contributed by atoms with E-state index in [4.69, 9.17) is 18.9 Å². The summed E-state index contributed by atoms with van der Waals surface area (Å²) >= 11 is 0. The molecule has 0 aliphatic heterocycles. The molecule has 0 radical (unpaired) electrons. The van der Waals surface area contributed by atoms with Crippen LogP contribution in [0.25, 0.3) is 22.3 Å². The lowest BCUT2D eigenvalue weighted by Crippen LogP contribution is -2.08. The molecule has 22 heteroatoms. The fourth-order valence-electron chi connectivity index (χ4n) is 7.22. The van der Waals surface area contributed by atoms with Crippen molar-refractivity contribution in [1.29, 1.82) is 0 Å². The molecule has 74 heavy (non-hydrogen) atoms. The van der Waals surface area contributed by atoms with Crippen molar-refractivity contribution in [3.63, 3.8) is 0 Å². The smallest absolute Gasteiger partial charge is 0.344 e. The molecule has 0 aromatic heterocycles. The first-order chi connectivity index (χ1) is 35.0. The van der Waals surface area contributed by atoms with Crippen molar-refractivity contribution in [2.45, 2.75) is 36.3 Å². The van der Waals surface area contributed by atoms with Crippen LogP contribution in [-0.2, 0) is 39.9 Å². The number of hydrogen-bond acceptors (Lipinski definition) is 13. The molecule has 8 rings (SSSR count). The molecule has 8 aromatic carbocycles. The molecule has 0 unspecified atom stereocenters. The molecule has 0 saturated carbocycles. The van der Waals surface area contributed by atoms with Crippen molar-refractivity contribution >= 4 is 39.9 Å². The first-order valence-corrected chi connectivity index (χ1v) is 27.1. The van der Waals surface area contributed by atoms with Gasteiger partial charge in [0.05, 0.1) is 31.6 Å². The Kier molecular flexibility index (Phi) is 14.8. The standard InChI is InChI=1S/C52H37F3O15S4/c1-32-3-20-46(30-49(32)73(60,61)62)72(58,59)47-25-26-48(50(31-47)74(63,64)65)69-40-12-6-34(7-13-40)33-4-10-37(11-5-33)67-38-16-21-44(22-17-38)71(56,57)45-23-18-39(19-24-45)68-43-28-36(27-42(29-43)66-2)35-8-14-41(15-9-35)70-52(55)51(53)54/h3-31H,1-2H3,(H,60,61,62)(H,63,64,65). The number of halogens is 3. The van der Waals surface area contributed by atoms with Gasteiger partial charge in [0.25, 0.3) is 20.2 Å². The number of methoxy groups -OCH3 is 1. The third-order valence-electron chi connectivity index (χ3n) is 10.9. The summed E-state index contributed by atoms with van der Waals surface area (Å²) in [6.45, 7) is 1.34. The maximum Gasteiger partial charge on any atom is 0.344 e. The van der Waals surface area contributed by atoms with Crippen LogP contribution in [0.5, 0.6) is 46.0 Å². The van der Waals surface area contributed by atoms with E-state index >= 15 is 0 Å². The highest BCUT2D eigenvalue weighted by Crippen LogP contribution is 2.37. The molecule has 0 aliphatic rings. The normalized spacial score (nSPS) is 11.9. The number of aryl methyl sites for hydroxylation is 1. The second-order valence-electron chi connectivity index (χ2n) is 15.8. The first kappa shape index (κ1) is 52.3. The second-order valence-corrected chi connectivity index (χ2v) is 22.5. The summed E-state index contributed by atoms with van der Waals surface area (Å²) in [5, 5.41) is 0. The van der Waals surface area contributed by atoms with Crippen molar-refractivity contribution in [3.8, 4) is 68.2 Å². The molecule has 0 saturated heterocycles. The largest absolute Gasteiger partial charge is 0.497 e. The molecule has 8 aromatic rings. The van der Waals surface area contributed by atoms with Gasteiger partial charge in [-0.3, -0.25) is 9.11 Å². The van der Waals surface area contributed by atoms with Crippen molar-refractivity contribution in [1.82, 2.24) is 0 Å². The van der Waals surface area contributed by atoms with E-state index in [0.29, 0.717) is 51.5 Å². The highest BCUT2D eigenvalue weighted by Gasteiger charge is 2.27. The van der Waals surface area contributed by atoms with Gasteiger partial charge >= 0.3 is 12.1 Å². The highest BCUT2D eigenvalue weighted by molar-refractivity contribution is 7.92. The maximum atomic E-state index is 13.6. The van der Waals surface area contributed by atoms with Crippen LogP contribution in [0.4, 0.5) is 13.2 Å². The number of hydrogen-bond donors (Lipinski definition) is 2. The van der Waals surface area contributed by atoms with Gasteiger partial charge in [-0.2, -0.15) is 30.0 Å². The third kappa shape index (κ3) is 11.9. The molecule has 15 nitrogen and oxygen atoms in total. The minimum absolute atomic E-state index is 0.000158. The Balaban J connectivity index is 0.893. The van der Waals surface area contributed by atoms with E-state index in [0.717, 1.165) is 35.9 Å². The molecular formula is C52H37F3O15S4. The van der Waals surface area contributed by atoms with Gasteiger partial charge in [0, 0.05) is 6.07 Å². The van der Waals surface area contributed by atoms with E-state index in [-0.39, 0.29) is 26.9 Å². The molecule has 2 N–H and O–H groups in total. The maximum absolute atomic E-state index is 13.6. The Hall–Kier alpha value is -7.99. The van der Waals surface area contributed by atoms with Gasteiger partial charge in [0.15, 0.2) is 0 Å². The lowest BCUT2D eigenvalue weighted by atomic mass is 10.0. The molecule has 0 amide bonds. The quantitative estimate of drug-likeness (QED) is 0.0639. The minimum Gasteiger partial charge on any atom is -0.497 e. The Bertz CT molecular complexity index is 3910. The average molecular weight is 1090 g/mol.